The van der Waals surface area contributed by atoms with Gasteiger partial charge in [-0.3, -0.25) is 0 Å². The highest BCUT2D eigenvalue weighted by Gasteiger charge is 2.40. The number of hydrogen-bond donors (Lipinski definition) is 2. The summed E-state index contributed by atoms with van der Waals surface area (Å²) < 4.78 is 17.0. The standard InChI is InChI=1S/C14H26O5/c1-9(7-15)13(3,4)18-10(2)12-11(16)8-17-14(5,6)19-12/h10-12,15-16H,1,7-8H2,2-6H3/t10-,11?,12-/m0/s1. The normalized spacial score (nSPS) is 29.0. The Morgan fingerprint density at radius 2 is 2.11 bits per heavy atom. The van der Waals surface area contributed by atoms with Crippen molar-refractivity contribution in [2.24, 2.45) is 0 Å². The predicted molar refractivity (Wildman–Crippen MR) is 71.8 cm³/mol. The fourth-order valence-electron chi connectivity index (χ4n) is 2.04. The molecule has 0 amide bonds. The Bertz CT molecular complexity index is 324. The van der Waals surface area contributed by atoms with Crippen molar-refractivity contribution in [1.82, 2.24) is 0 Å². The van der Waals surface area contributed by atoms with Crippen molar-refractivity contribution in [1.29, 1.82) is 0 Å². The summed E-state index contributed by atoms with van der Waals surface area (Å²) in [5, 5.41) is 19.1. The second kappa shape index (κ2) is 5.89. The van der Waals surface area contributed by atoms with Gasteiger partial charge in [0, 0.05) is 0 Å². The van der Waals surface area contributed by atoms with E-state index in [0.717, 1.165) is 0 Å². The lowest BCUT2D eigenvalue weighted by atomic mass is 9.98. The highest BCUT2D eigenvalue weighted by atomic mass is 16.7. The summed E-state index contributed by atoms with van der Waals surface area (Å²) in [6, 6.07) is 0. The summed E-state index contributed by atoms with van der Waals surface area (Å²) in [6.45, 7) is 13.0. The monoisotopic (exact) mass is 274 g/mol. The Morgan fingerprint density at radius 3 is 2.63 bits per heavy atom. The third-order valence-corrected chi connectivity index (χ3v) is 3.39. The number of rotatable bonds is 5. The molecule has 0 aromatic carbocycles. The second-order valence-corrected chi connectivity index (χ2v) is 5.96. The van der Waals surface area contributed by atoms with Crippen LogP contribution in [0.4, 0.5) is 0 Å². The first-order chi connectivity index (χ1) is 8.59. The molecule has 19 heavy (non-hydrogen) atoms. The van der Waals surface area contributed by atoms with Gasteiger partial charge in [-0.25, -0.2) is 0 Å². The summed E-state index contributed by atoms with van der Waals surface area (Å²) in [6.07, 6.45) is -1.56. The zero-order chi connectivity index (χ0) is 14.8. The Labute approximate surface area is 115 Å². The van der Waals surface area contributed by atoms with Crippen LogP contribution >= 0.6 is 0 Å². The van der Waals surface area contributed by atoms with E-state index < -0.39 is 23.6 Å². The van der Waals surface area contributed by atoms with Gasteiger partial charge < -0.3 is 24.4 Å². The van der Waals surface area contributed by atoms with Crippen LogP contribution in [-0.2, 0) is 14.2 Å². The van der Waals surface area contributed by atoms with E-state index in [-0.39, 0.29) is 19.3 Å². The van der Waals surface area contributed by atoms with E-state index >= 15 is 0 Å². The predicted octanol–water partition coefficient (Wildman–Crippen LogP) is 1.23. The van der Waals surface area contributed by atoms with Gasteiger partial charge >= 0.3 is 0 Å². The van der Waals surface area contributed by atoms with E-state index in [0.29, 0.717) is 5.57 Å². The molecular formula is C14H26O5. The number of aliphatic hydroxyl groups excluding tert-OH is 2. The molecule has 0 bridgehead atoms. The zero-order valence-electron chi connectivity index (χ0n) is 12.5. The van der Waals surface area contributed by atoms with E-state index in [4.69, 9.17) is 19.3 Å². The molecule has 0 saturated carbocycles. The summed E-state index contributed by atoms with van der Waals surface area (Å²) >= 11 is 0. The maximum Gasteiger partial charge on any atom is 0.163 e. The summed E-state index contributed by atoms with van der Waals surface area (Å²) in [5.74, 6) is -0.736. The fourth-order valence-corrected chi connectivity index (χ4v) is 2.04. The third kappa shape index (κ3) is 4.26. The van der Waals surface area contributed by atoms with E-state index in [1.54, 1.807) is 13.8 Å². The van der Waals surface area contributed by atoms with Gasteiger partial charge in [0.1, 0.15) is 12.2 Å². The number of ether oxygens (including phenoxy) is 3. The quantitative estimate of drug-likeness (QED) is 0.738. The van der Waals surface area contributed by atoms with Crippen LogP contribution in [-0.4, -0.2) is 53.1 Å². The van der Waals surface area contributed by atoms with Gasteiger partial charge in [0.05, 0.1) is 24.9 Å². The van der Waals surface area contributed by atoms with E-state index in [1.165, 1.54) is 0 Å². The molecular weight excluding hydrogens is 248 g/mol. The molecule has 3 atom stereocenters. The van der Waals surface area contributed by atoms with E-state index in [1.807, 2.05) is 20.8 Å². The van der Waals surface area contributed by atoms with Gasteiger partial charge in [-0.1, -0.05) is 6.58 Å². The number of hydrogen-bond acceptors (Lipinski definition) is 5. The second-order valence-electron chi connectivity index (χ2n) is 5.96. The summed E-state index contributed by atoms with van der Waals surface area (Å²) in [5.41, 5.74) is -0.0974. The van der Waals surface area contributed by atoms with Crippen molar-refractivity contribution < 1.29 is 24.4 Å². The lowest BCUT2D eigenvalue weighted by Crippen LogP contribution is -2.54. The van der Waals surface area contributed by atoms with Gasteiger partial charge in [0.2, 0.25) is 0 Å². The van der Waals surface area contributed by atoms with Gasteiger partial charge in [-0.05, 0) is 40.2 Å². The fraction of sp³-hybridized carbons (Fsp3) is 0.857. The third-order valence-electron chi connectivity index (χ3n) is 3.39. The maximum absolute atomic E-state index is 9.96. The molecule has 2 N–H and O–H groups in total. The highest BCUT2D eigenvalue weighted by Crippen LogP contribution is 2.29. The largest absolute Gasteiger partial charge is 0.392 e. The van der Waals surface area contributed by atoms with Crippen molar-refractivity contribution in [2.75, 3.05) is 13.2 Å². The van der Waals surface area contributed by atoms with Crippen LogP contribution in [0.15, 0.2) is 12.2 Å². The van der Waals surface area contributed by atoms with Crippen LogP contribution in [0.1, 0.15) is 34.6 Å². The van der Waals surface area contributed by atoms with Crippen molar-refractivity contribution >= 4 is 0 Å². The molecule has 0 aromatic rings. The minimum absolute atomic E-state index is 0.137. The van der Waals surface area contributed by atoms with Crippen LogP contribution in [0.5, 0.6) is 0 Å². The first-order valence-electron chi connectivity index (χ1n) is 6.56. The SMILES string of the molecule is C=C(CO)C(C)(C)O[C@@H](C)[C@@H]1OC(C)(C)OCC1O. The molecule has 1 aliphatic rings. The summed E-state index contributed by atoms with van der Waals surface area (Å²) in [4.78, 5) is 0. The molecule has 5 nitrogen and oxygen atoms in total. The minimum Gasteiger partial charge on any atom is -0.392 e. The smallest absolute Gasteiger partial charge is 0.163 e. The first-order valence-corrected chi connectivity index (χ1v) is 6.56. The van der Waals surface area contributed by atoms with Crippen molar-refractivity contribution in [3.63, 3.8) is 0 Å². The molecule has 0 aliphatic carbocycles. The Morgan fingerprint density at radius 1 is 1.53 bits per heavy atom. The molecule has 1 fully saturated rings. The van der Waals surface area contributed by atoms with Crippen LogP contribution < -0.4 is 0 Å². The van der Waals surface area contributed by atoms with Gasteiger partial charge in [-0.15, -0.1) is 0 Å². The molecule has 1 unspecified atom stereocenters. The van der Waals surface area contributed by atoms with Crippen molar-refractivity contribution in [3.8, 4) is 0 Å². The Balaban J connectivity index is 2.71. The van der Waals surface area contributed by atoms with Crippen LogP contribution in [0.25, 0.3) is 0 Å². The summed E-state index contributed by atoms with van der Waals surface area (Å²) in [7, 11) is 0. The first kappa shape index (κ1) is 16.6. The Kier molecular flexibility index (Phi) is 5.15. The van der Waals surface area contributed by atoms with E-state index in [2.05, 4.69) is 6.58 Å². The molecule has 0 aromatic heterocycles. The van der Waals surface area contributed by atoms with Gasteiger partial charge in [0.25, 0.3) is 0 Å². The highest BCUT2D eigenvalue weighted by molar-refractivity contribution is 5.10. The zero-order valence-corrected chi connectivity index (χ0v) is 12.5. The van der Waals surface area contributed by atoms with Crippen molar-refractivity contribution in [2.45, 2.75) is 64.3 Å². The average Bonchev–Trinajstić information content (AvgIpc) is 2.30. The Hall–Kier alpha value is -0.460. The lowest BCUT2D eigenvalue weighted by molar-refractivity contribution is -0.324. The average molecular weight is 274 g/mol. The van der Waals surface area contributed by atoms with Crippen LogP contribution in [0.3, 0.4) is 0 Å². The molecule has 112 valence electrons. The molecule has 1 saturated heterocycles. The van der Waals surface area contributed by atoms with Gasteiger partial charge in [-0.2, -0.15) is 0 Å². The topological polar surface area (TPSA) is 68.2 Å². The molecule has 5 heteroatoms. The lowest BCUT2D eigenvalue weighted by Gasteiger charge is -2.43. The molecule has 1 aliphatic heterocycles. The minimum atomic E-state index is -0.736. The van der Waals surface area contributed by atoms with Crippen molar-refractivity contribution in [3.05, 3.63) is 12.2 Å². The van der Waals surface area contributed by atoms with Crippen LogP contribution in [0, 0.1) is 0 Å². The molecule has 1 heterocycles. The van der Waals surface area contributed by atoms with Crippen LogP contribution in [0.2, 0.25) is 0 Å². The maximum atomic E-state index is 9.96. The molecule has 1 rings (SSSR count). The van der Waals surface area contributed by atoms with Gasteiger partial charge in [0.15, 0.2) is 5.79 Å². The van der Waals surface area contributed by atoms with E-state index in [9.17, 15) is 5.11 Å². The molecule has 0 spiro atoms. The number of aliphatic hydroxyl groups is 2. The molecule has 0 radical (unpaired) electrons.